The van der Waals surface area contributed by atoms with Gasteiger partial charge < -0.3 is 10.1 Å². The predicted octanol–water partition coefficient (Wildman–Crippen LogP) is 4.22. The monoisotopic (exact) mass is 293 g/mol. The van der Waals surface area contributed by atoms with Crippen LogP contribution in [0.5, 0.6) is 11.6 Å². The van der Waals surface area contributed by atoms with Gasteiger partial charge in [0.15, 0.2) is 0 Å². The number of ether oxygens (including phenoxy) is 1. The van der Waals surface area contributed by atoms with Gasteiger partial charge in [-0.1, -0.05) is 24.6 Å². The second-order valence-corrected chi connectivity index (χ2v) is 5.26. The molecule has 0 saturated heterocycles. The Balaban J connectivity index is 2.09. The van der Waals surface area contributed by atoms with Crippen LogP contribution in [0.25, 0.3) is 0 Å². The zero-order chi connectivity index (χ0) is 14.5. The van der Waals surface area contributed by atoms with E-state index in [-0.39, 0.29) is 6.04 Å². The van der Waals surface area contributed by atoms with E-state index in [0.717, 1.165) is 24.2 Å². The summed E-state index contributed by atoms with van der Waals surface area (Å²) < 4.78 is 5.65. The number of aromatic amines is 1. The van der Waals surface area contributed by atoms with E-state index in [1.165, 1.54) is 0 Å². The minimum atomic E-state index is 0.272. The Kier molecular flexibility index (Phi) is 5.04. The van der Waals surface area contributed by atoms with Crippen molar-refractivity contribution < 1.29 is 4.74 Å². The zero-order valence-corrected chi connectivity index (χ0v) is 12.8. The minimum absolute atomic E-state index is 0.272. The smallest absolute Gasteiger partial charge is 0.238 e. The third kappa shape index (κ3) is 3.74. The van der Waals surface area contributed by atoms with E-state index < -0.39 is 0 Å². The first-order valence-corrected chi connectivity index (χ1v) is 7.20. The third-order valence-corrected chi connectivity index (χ3v) is 3.35. The molecule has 20 heavy (non-hydrogen) atoms. The van der Waals surface area contributed by atoms with Crippen molar-refractivity contribution in [1.82, 2.24) is 15.5 Å². The molecule has 1 heterocycles. The lowest BCUT2D eigenvalue weighted by Crippen LogP contribution is -2.19. The van der Waals surface area contributed by atoms with Crippen molar-refractivity contribution in [3.8, 4) is 11.6 Å². The second kappa shape index (κ2) is 6.77. The first-order chi connectivity index (χ1) is 9.60. The van der Waals surface area contributed by atoms with Crippen molar-refractivity contribution in [2.45, 2.75) is 33.2 Å². The molecule has 0 spiro atoms. The van der Waals surface area contributed by atoms with Crippen LogP contribution in [0.2, 0.25) is 5.02 Å². The Hall–Kier alpha value is -1.52. The Morgan fingerprint density at radius 2 is 2.20 bits per heavy atom. The highest BCUT2D eigenvalue weighted by Gasteiger charge is 2.10. The van der Waals surface area contributed by atoms with E-state index in [1.807, 2.05) is 31.2 Å². The normalized spacial score (nSPS) is 12.4. The molecule has 0 aliphatic carbocycles. The molecule has 0 bridgehead atoms. The number of nitrogens with one attached hydrogen (secondary N) is 2. The molecule has 1 aromatic carbocycles. The first-order valence-electron chi connectivity index (χ1n) is 6.83. The fraction of sp³-hybridized carbons (Fsp3) is 0.400. The van der Waals surface area contributed by atoms with Crippen LogP contribution in [0.1, 0.15) is 37.6 Å². The Bertz CT molecular complexity index is 568. The highest BCUT2D eigenvalue weighted by atomic mass is 35.5. The fourth-order valence-electron chi connectivity index (χ4n) is 1.91. The number of aromatic nitrogens is 2. The molecule has 0 aliphatic heterocycles. The summed E-state index contributed by atoms with van der Waals surface area (Å²) in [5.41, 5.74) is 2.10. The van der Waals surface area contributed by atoms with Gasteiger partial charge in [0, 0.05) is 17.8 Å². The molecule has 2 rings (SSSR count). The molecule has 2 aromatic rings. The van der Waals surface area contributed by atoms with Crippen molar-refractivity contribution in [3.05, 3.63) is 40.5 Å². The number of benzene rings is 1. The SMILES string of the molecule is CCCNC(C)c1ccc(Oc2cc(C)[nH]n2)c(Cl)c1. The van der Waals surface area contributed by atoms with E-state index in [2.05, 4.69) is 29.4 Å². The molecule has 2 N–H and O–H groups in total. The lowest BCUT2D eigenvalue weighted by molar-refractivity contribution is 0.461. The number of hydrogen-bond donors (Lipinski definition) is 2. The lowest BCUT2D eigenvalue weighted by Gasteiger charge is -2.15. The van der Waals surface area contributed by atoms with E-state index in [9.17, 15) is 0 Å². The van der Waals surface area contributed by atoms with Crippen LogP contribution < -0.4 is 10.1 Å². The summed E-state index contributed by atoms with van der Waals surface area (Å²) in [6, 6.07) is 7.94. The minimum Gasteiger partial charge on any atom is -0.436 e. The van der Waals surface area contributed by atoms with Crippen molar-refractivity contribution in [2.24, 2.45) is 0 Å². The van der Waals surface area contributed by atoms with Gasteiger partial charge in [-0.2, -0.15) is 0 Å². The fourth-order valence-corrected chi connectivity index (χ4v) is 2.13. The van der Waals surface area contributed by atoms with Gasteiger partial charge in [-0.05, 0) is 44.5 Å². The molecule has 1 aromatic heterocycles. The number of aryl methyl sites for hydroxylation is 1. The van der Waals surface area contributed by atoms with Gasteiger partial charge in [-0.25, -0.2) is 0 Å². The summed E-state index contributed by atoms with van der Waals surface area (Å²) in [7, 11) is 0. The van der Waals surface area contributed by atoms with Crippen LogP contribution in [0.3, 0.4) is 0 Å². The summed E-state index contributed by atoms with van der Waals surface area (Å²) in [6.07, 6.45) is 1.11. The second-order valence-electron chi connectivity index (χ2n) is 4.86. The maximum absolute atomic E-state index is 6.27. The number of H-pyrrole nitrogens is 1. The van der Waals surface area contributed by atoms with Crippen LogP contribution in [-0.2, 0) is 0 Å². The summed E-state index contributed by atoms with van der Waals surface area (Å²) in [6.45, 7) is 7.18. The molecular weight excluding hydrogens is 274 g/mol. The van der Waals surface area contributed by atoms with Crippen LogP contribution in [0.15, 0.2) is 24.3 Å². The van der Waals surface area contributed by atoms with Gasteiger partial charge in [-0.3, -0.25) is 5.10 Å². The van der Waals surface area contributed by atoms with Gasteiger partial charge >= 0.3 is 0 Å². The molecule has 108 valence electrons. The molecule has 0 fully saturated rings. The van der Waals surface area contributed by atoms with Gasteiger partial charge in [0.05, 0.1) is 5.02 Å². The zero-order valence-electron chi connectivity index (χ0n) is 12.0. The van der Waals surface area contributed by atoms with Gasteiger partial charge in [0.25, 0.3) is 0 Å². The van der Waals surface area contributed by atoms with Crippen LogP contribution >= 0.6 is 11.6 Å². The van der Waals surface area contributed by atoms with E-state index in [0.29, 0.717) is 16.7 Å². The molecule has 1 unspecified atom stereocenters. The summed E-state index contributed by atoms with van der Waals surface area (Å²) in [5.74, 6) is 1.14. The maximum Gasteiger partial charge on any atom is 0.238 e. The van der Waals surface area contributed by atoms with Crippen LogP contribution in [0.4, 0.5) is 0 Å². The highest BCUT2D eigenvalue weighted by Crippen LogP contribution is 2.31. The Labute approximate surface area is 124 Å². The van der Waals surface area contributed by atoms with Gasteiger partial charge in [0.2, 0.25) is 5.88 Å². The van der Waals surface area contributed by atoms with Crippen molar-refractivity contribution in [3.63, 3.8) is 0 Å². The van der Waals surface area contributed by atoms with Crippen molar-refractivity contribution >= 4 is 11.6 Å². The Morgan fingerprint density at radius 3 is 2.80 bits per heavy atom. The molecule has 0 radical (unpaired) electrons. The predicted molar refractivity (Wildman–Crippen MR) is 81.6 cm³/mol. The molecule has 0 aliphatic rings. The summed E-state index contributed by atoms with van der Waals surface area (Å²) in [4.78, 5) is 0. The molecule has 1 atom stereocenters. The Morgan fingerprint density at radius 1 is 1.40 bits per heavy atom. The maximum atomic E-state index is 6.27. The summed E-state index contributed by atoms with van der Waals surface area (Å²) >= 11 is 6.27. The lowest BCUT2D eigenvalue weighted by atomic mass is 10.1. The highest BCUT2D eigenvalue weighted by molar-refractivity contribution is 6.32. The van der Waals surface area contributed by atoms with E-state index >= 15 is 0 Å². The number of halogens is 1. The topological polar surface area (TPSA) is 49.9 Å². The standard InChI is InChI=1S/C15H20ClN3O/c1-4-7-17-11(3)12-5-6-14(13(16)9-12)20-15-8-10(2)18-19-15/h5-6,8-9,11,17H,4,7H2,1-3H3,(H,18,19). The molecule has 0 amide bonds. The van der Waals surface area contributed by atoms with Crippen molar-refractivity contribution in [1.29, 1.82) is 0 Å². The first kappa shape index (κ1) is 14.9. The van der Waals surface area contributed by atoms with Crippen molar-refractivity contribution in [2.75, 3.05) is 6.54 Å². The molecule has 0 saturated carbocycles. The largest absolute Gasteiger partial charge is 0.436 e. The average Bonchev–Trinajstić information content (AvgIpc) is 2.83. The third-order valence-electron chi connectivity index (χ3n) is 3.05. The molecule has 4 nitrogen and oxygen atoms in total. The number of rotatable bonds is 6. The van der Waals surface area contributed by atoms with E-state index in [4.69, 9.17) is 16.3 Å². The van der Waals surface area contributed by atoms with Crippen LogP contribution in [0, 0.1) is 6.92 Å². The van der Waals surface area contributed by atoms with Gasteiger partial charge in [0.1, 0.15) is 5.75 Å². The van der Waals surface area contributed by atoms with E-state index in [1.54, 1.807) is 0 Å². The average molecular weight is 294 g/mol. The van der Waals surface area contributed by atoms with Gasteiger partial charge in [-0.15, -0.1) is 5.10 Å². The van der Waals surface area contributed by atoms with Crippen LogP contribution in [-0.4, -0.2) is 16.7 Å². The molecular formula is C15H20ClN3O. The molecule has 5 heteroatoms. The number of nitrogens with zero attached hydrogens (tertiary/aromatic N) is 1. The quantitative estimate of drug-likeness (QED) is 0.838. The number of hydrogen-bond acceptors (Lipinski definition) is 3. The summed E-state index contributed by atoms with van der Waals surface area (Å²) in [5, 5.41) is 10.9.